The Bertz CT molecular complexity index is 579. The summed E-state index contributed by atoms with van der Waals surface area (Å²) in [5.41, 5.74) is 1.42. The zero-order chi connectivity index (χ0) is 15.5. The Morgan fingerprint density at radius 1 is 1.36 bits per heavy atom. The predicted octanol–water partition coefficient (Wildman–Crippen LogP) is 2.00. The lowest BCUT2D eigenvalue weighted by Gasteiger charge is -2.30. The van der Waals surface area contributed by atoms with Crippen molar-refractivity contribution in [3.05, 3.63) is 23.8 Å². The Kier molecular flexibility index (Phi) is 4.43. The van der Waals surface area contributed by atoms with Gasteiger partial charge in [0.1, 0.15) is 5.75 Å². The highest BCUT2D eigenvalue weighted by atomic mass is 16.5. The maximum absolute atomic E-state index is 12.7. The van der Waals surface area contributed by atoms with Crippen molar-refractivity contribution in [1.82, 2.24) is 5.32 Å². The average Bonchev–Trinajstić information content (AvgIpc) is 2.57. The molecular weight excluding hydrogens is 280 g/mol. The molecule has 0 atom stereocenters. The van der Waals surface area contributed by atoms with Crippen LogP contribution in [0.3, 0.4) is 0 Å². The highest BCUT2D eigenvalue weighted by molar-refractivity contribution is 6.02. The lowest BCUT2D eigenvalue weighted by atomic mass is 9.89. The van der Waals surface area contributed by atoms with Gasteiger partial charge in [0.2, 0.25) is 0 Å². The van der Waals surface area contributed by atoms with Crippen molar-refractivity contribution >= 4 is 17.4 Å². The number of nitrogens with one attached hydrogen (secondary N) is 1. The summed E-state index contributed by atoms with van der Waals surface area (Å²) in [4.78, 5) is 26.4. The van der Waals surface area contributed by atoms with Crippen LogP contribution in [0.15, 0.2) is 18.2 Å². The van der Waals surface area contributed by atoms with Crippen LogP contribution in [0, 0.1) is 5.92 Å². The lowest BCUT2D eigenvalue weighted by molar-refractivity contribution is -0.121. The molecule has 0 aromatic heterocycles. The van der Waals surface area contributed by atoms with E-state index in [1.165, 1.54) is 0 Å². The first-order chi connectivity index (χ1) is 10.7. The van der Waals surface area contributed by atoms with Gasteiger partial charge in [-0.25, -0.2) is 0 Å². The number of anilines is 1. The van der Waals surface area contributed by atoms with Crippen LogP contribution in [0.25, 0.3) is 0 Å². The van der Waals surface area contributed by atoms with Crippen molar-refractivity contribution in [2.24, 2.45) is 5.92 Å². The van der Waals surface area contributed by atoms with E-state index in [1.807, 2.05) is 25.1 Å². The molecule has 1 aromatic carbocycles. The molecule has 0 bridgehead atoms. The first-order valence-electron chi connectivity index (χ1n) is 8.03. The Morgan fingerprint density at radius 3 is 2.86 bits per heavy atom. The van der Waals surface area contributed by atoms with Crippen LogP contribution in [0.4, 0.5) is 5.69 Å². The largest absolute Gasteiger partial charge is 0.482 e. The van der Waals surface area contributed by atoms with Crippen molar-refractivity contribution < 1.29 is 14.3 Å². The summed E-state index contributed by atoms with van der Waals surface area (Å²) in [5, 5.41) is 3.28. The standard InChI is InChI=1S/C17H22N2O3/c1-2-9-19-14-10-13(3-4-15(14)22-11-16(19)20)17(21)12-5-7-18-8-6-12/h3-4,10,12,18H,2,5-9,11H2,1H3. The Morgan fingerprint density at radius 2 is 2.14 bits per heavy atom. The fourth-order valence-corrected chi connectivity index (χ4v) is 3.14. The molecular formula is C17H22N2O3. The molecule has 0 spiro atoms. The van der Waals surface area contributed by atoms with Gasteiger partial charge < -0.3 is 15.0 Å². The fourth-order valence-electron chi connectivity index (χ4n) is 3.14. The minimum Gasteiger partial charge on any atom is -0.482 e. The number of carbonyl (C=O) groups excluding carboxylic acids is 2. The highest BCUT2D eigenvalue weighted by Gasteiger charge is 2.28. The summed E-state index contributed by atoms with van der Waals surface area (Å²) in [6, 6.07) is 5.47. The van der Waals surface area contributed by atoms with Crippen molar-refractivity contribution in [2.75, 3.05) is 31.1 Å². The molecule has 0 saturated carbocycles. The summed E-state index contributed by atoms with van der Waals surface area (Å²) in [5.74, 6) is 0.911. The van der Waals surface area contributed by atoms with Crippen molar-refractivity contribution in [2.45, 2.75) is 26.2 Å². The van der Waals surface area contributed by atoms with Gasteiger partial charge in [-0.15, -0.1) is 0 Å². The number of hydrogen-bond acceptors (Lipinski definition) is 4. The third kappa shape index (κ3) is 2.86. The van der Waals surface area contributed by atoms with E-state index in [9.17, 15) is 9.59 Å². The van der Waals surface area contributed by atoms with Gasteiger partial charge in [0, 0.05) is 18.0 Å². The van der Waals surface area contributed by atoms with Gasteiger partial charge in [0.15, 0.2) is 12.4 Å². The molecule has 1 amide bonds. The van der Waals surface area contributed by atoms with Crippen LogP contribution < -0.4 is 15.0 Å². The first-order valence-corrected chi connectivity index (χ1v) is 8.03. The number of fused-ring (bicyclic) bond motifs is 1. The van der Waals surface area contributed by atoms with E-state index < -0.39 is 0 Å². The van der Waals surface area contributed by atoms with Crippen molar-refractivity contribution in [1.29, 1.82) is 0 Å². The predicted molar refractivity (Wildman–Crippen MR) is 84.5 cm³/mol. The highest BCUT2D eigenvalue weighted by Crippen LogP contribution is 2.34. The molecule has 5 nitrogen and oxygen atoms in total. The maximum atomic E-state index is 12.7. The van der Waals surface area contributed by atoms with E-state index in [0.717, 1.165) is 38.0 Å². The molecule has 2 aliphatic rings. The molecule has 5 heteroatoms. The second kappa shape index (κ2) is 6.48. The number of ketones is 1. The number of amides is 1. The molecule has 118 valence electrons. The monoisotopic (exact) mass is 302 g/mol. The fraction of sp³-hybridized carbons (Fsp3) is 0.529. The number of nitrogens with zero attached hydrogens (tertiary/aromatic N) is 1. The Labute approximate surface area is 130 Å². The van der Waals surface area contributed by atoms with Crippen molar-refractivity contribution in [3.63, 3.8) is 0 Å². The zero-order valence-electron chi connectivity index (χ0n) is 12.9. The number of piperidine rings is 1. The Balaban J connectivity index is 1.88. The molecule has 22 heavy (non-hydrogen) atoms. The van der Waals surface area contributed by atoms with Crippen LogP contribution >= 0.6 is 0 Å². The van der Waals surface area contributed by atoms with Gasteiger partial charge in [-0.1, -0.05) is 6.92 Å². The smallest absolute Gasteiger partial charge is 0.265 e. The summed E-state index contributed by atoms with van der Waals surface area (Å²) >= 11 is 0. The number of Topliss-reactive ketones (excluding diaryl/α,β-unsaturated/α-hetero) is 1. The molecule has 2 heterocycles. The molecule has 2 aliphatic heterocycles. The zero-order valence-corrected chi connectivity index (χ0v) is 12.9. The van der Waals surface area contributed by atoms with E-state index in [2.05, 4.69) is 5.32 Å². The number of ether oxygens (including phenoxy) is 1. The molecule has 3 rings (SSSR count). The third-order valence-electron chi connectivity index (χ3n) is 4.34. The molecule has 1 N–H and O–H groups in total. The third-order valence-corrected chi connectivity index (χ3v) is 4.34. The van der Waals surface area contributed by atoms with E-state index in [-0.39, 0.29) is 24.2 Å². The number of rotatable bonds is 4. The van der Waals surface area contributed by atoms with Crippen molar-refractivity contribution in [3.8, 4) is 5.75 Å². The van der Waals surface area contributed by atoms with E-state index in [0.29, 0.717) is 17.9 Å². The molecule has 0 aliphatic carbocycles. The minimum atomic E-state index is -0.0409. The normalized spacial score (nSPS) is 18.8. The summed E-state index contributed by atoms with van der Waals surface area (Å²) < 4.78 is 5.48. The number of hydrogen-bond donors (Lipinski definition) is 1. The van der Waals surface area contributed by atoms with E-state index in [4.69, 9.17) is 4.74 Å². The molecule has 1 saturated heterocycles. The maximum Gasteiger partial charge on any atom is 0.265 e. The van der Waals surface area contributed by atoms with Crippen LogP contribution in [0.1, 0.15) is 36.5 Å². The molecule has 0 radical (unpaired) electrons. The van der Waals surface area contributed by atoms with Crippen LogP contribution in [0.5, 0.6) is 5.75 Å². The SMILES string of the molecule is CCCN1C(=O)COc2ccc(C(=O)C3CCNCC3)cc21. The summed E-state index contributed by atoms with van der Waals surface area (Å²) in [7, 11) is 0. The average molecular weight is 302 g/mol. The summed E-state index contributed by atoms with van der Waals surface area (Å²) in [6.07, 6.45) is 2.63. The molecule has 1 fully saturated rings. The number of carbonyl (C=O) groups is 2. The minimum absolute atomic E-state index is 0.0409. The van der Waals surface area contributed by atoms with E-state index in [1.54, 1.807) is 4.90 Å². The summed E-state index contributed by atoms with van der Waals surface area (Å²) in [6.45, 7) is 4.55. The second-order valence-corrected chi connectivity index (χ2v) is 5.91. The quantitative estimate of drug-likeness (QED) is 0.864. The first kappa shape index (κ1) is 15.0. The number of benzene rings is 1. The molecule has 1 aromatic rings. The topological polar surface area (TPSA) is 58.6 Å². The van der Waals surface area contributed by atoms with Gasteiger partial charge in [-0.3, -0.25) is 9.59 Å². The van der Waals surface area contributed by atoms with Crippen LogP contribution in [0.2, 0.25) is 0 Å². The van der Waals surface area contributed by atoms with Gasteiger partial charge >= 0.3 is 0 Å². The molecule has 0 unspecified atom stereocenters. The van der Waals surface area contributed by atoms with Crippen LogP contribution in [-0.2, 0) is 4.79 Å². The van der Waals surface area contributed by atoms with Gasteiger partial charge in [-0.05, 0) is 50.6 Å². The Hall–Kier alpha value is -1.88. The van der Waals surface area contributed by atoms with Crippen LogP contribution in [-0.4, -0.2) is 37.9 Å². The van der Waals surface area contributed by atoms with Gasteiger partial charge in [0.25, 0.3) is 5.91 Å². The lowest BCUT2D eigenvalue weighted by Crippen LogP contribution is -2.39. The second-order valence-electron chi connectivity index (χ2n) is 5.91. The van der Waals surface area contributed by atoms with Gasteiger partial charge in [-0.2, -0.15) is 0 Å². The van der Waals surface area contributed by atoms with Gasteiger partial charge in [0.05, 0.1) is 5.69 Å². The van der Waals surface area contributed by atoms with E-state index >= 15 is 0 Å².